The van der Waals surface area contributed by atoms with Gasteiger partial charge in [-0.3, -0.25) is 9.52 Å². The third-order valence-corrected chi connectivity index (χ3v) is 3.86. The highest BCUT2D eigenvalue weighted by Crippen LogP contribution is 2.21. The molecule has 0 spiro atoms. The van der Waals surface area contributed by atoms with Crippen molar-refractivity contribution in [3.63, 3.8) is 0 Å². The molecule has 0 aliphatic heterocycles. The summed E-state index contributed by atoms with van der Waals surface area (Å²) >= 11 is 0. The smallest absolute Gasteiger partial charge is 0.296 e. The van der Waals surface area contributed by atoms with Gasteiger partial charge in [-0.1, -0.05) is 25.1 Å². The lowest BCUT2D eigenvalue weighted by molar-refractivity contribution is -0.116. The molecule has 2 aromatic carbocycles. The van der Waals surface area contributed by atoms with Crippen LogP contribution in [0.2, 0.25) is 0 Å². The van der Waals surface area contributed by atoms with E-state index in [4.69, 9.17) is 5.14 Å². The van der Waals surface area contributed by atoms with Crippen molar-refractivity contribution in [2.45, 2.75) is 19.3 Å². The molecule has 24 heavy (non-hydrogen) atoms. The third kappa shape index (κ3) is 5.64. The predicted octanol–water partition coefficient (Wildman–Crippen LogP) is 2.57. The molecule has 0 saturated heterocycles. The zero-order chi connectivity index (χ0) is 17.7. The van der Waals surface area contributed by atoms with Gasteiger partial charge in [0, 0.05) is 12.1 Å². The van der Waals surface area contributed by atoms with Crippen molar-refractivity contribution in [2.75, 3.05) is 10.0 Å². The maximum absolute atomic E-state index is 12.9. The summed E-state index contributed by atoms with van der Waals surface area (Å²) in [6.45, 7) is 1.87. The van der Waals surface area contributed by atoms with Crippen molar-refractivity contribution in [3.8, 4) is 0 Å². The molecule has 0 aliphatic rings. The number of carbonyl (C=O) groups excluding carboxylic acids is 1. The van der Waals surface area contributed by atoms with E-state index < -0.39 is 10.2 Å². The lowest BCUT2D eigenvalue weighted by Crippen LogP contribution is -2.21. The molecule has 128 valence electrons. The van der Waals surface area contributed by atoms with Crippen LogP contribution in [0.1, 0.15) is 24.8 Å². The monoisotopic (exact) mass is 351 g/mol. The lowest BCUT2D eigenvalue weighted by atomic mass is 9.97. The molecule has 8 heteroatoms. The molecule has 2 rings (SSSR count). The van der Waals surface area contributed by atoms with Crippen molar-refractivity contribution >= 4 is 27.5 Å². The molecule has 6 nitrogen and oxygen atoms in total. The van der Waals surface area contributed by atoms with Gasteiger partial charge in [-0.05, 0) is 41.8 Å². The average molecular weight is 351 g/mol. The lowest BCUT2D eigenvalue weighted by Gasteiger charge is -2.13. The standard InChI is InChI=1S/C16H18FN3O3S/c1-11(12-5-7-13(17)8-6-12)9-16(21)19-14-3-2-4-15(10-14)20-24(18,22)23/h2-8,10-11,20H,9H2,1H3,(H,19,21)(H2,18,22,23). The van der Waals surface area contributed by atoms with E-state index in [0.717, 1.165) is 5.56 Å². The number of halogens is 1. The fraction of sp³-hybridized carbons (Fsp3) is 0.188. The predicted molar refractivity (Wildman–Crippen MR) is 91.2 cm³/mol. The summed E-state index contributed by atoms with van der Waals surface area (Å²) in [6, 6.07) is 12.2. The van der Waals surface area contributed by atoms with Crippen molar-refractivity contribution in [3.05, 3.63) is 59.9 Å². The summed E-state index contributed by atoms with van der Waals surface area (Å²) < 4.78 is 37.1. The minimum absolute atomic E-state index is 0.0867. The van der Waals surface area contributed by atoms with Gasteiger partial charge >= 0.3 is 0 Å². The van der Waals surface area contributed by atoms with E-state index in [1.807, 2.05) is 6.92 Å². The minimum atomic E-state index is -3.87. The van der Waals surface area contributed by atoms with E-state index in [0.29, 0.717) is 5.69 Å². The Bertz CT molecular complexity index is 823. The van der Waals surface area contributed by atoms with Gasteiger partial charge in [0.15, 0.2) is 0 Å². The van der Waals surface area contributed by atoms with Crippen LogP contribution in [-0.4, -0.2) is 14.3 Å². The molecule has 0 aromatic heterocycles. The molecule has 0 heterocycles. The Morgan fingerprint density at radius 1 is 1.17 bits per heavy atom. The molecule has 0 fully saturated rings. The quantitative estimate of drug-likeness (QED) is 0.745. The van der Waals surface area contributed by atoms with Crippen LogP contribution in [0, 0.1) is 5.82 Å². The fourth-order valence-corrected chi connectivity index (χ4v) is 2.68. The van der Waals surface area contributed by atoms with Gasteiger partial charge in [0.1, 0.15) is 5.82 Å². The Hall–Kier alpha value is -2.45. The summed E-state index contributed by atoms with van der Waals surface area (Å²) in [7, 11) is -3.87. The number of nitrogens with one attached hydrogen (secondary N) is 2. The molecule has 0 aliphatic carbocycles. The minimum Gasteiger partial charge on any atom is -0.326 e. The van der Waals surface area contributed by atoms with E-state index in [1.165, 1.54) is 24.3 Å². The summed E-state index contributed by atoms with van der Waals surface area (Å²) in [5.41, 5.74) is 1.55. The first-order valence-corrected chi connectivity index (χ1v) is 8.73. The van der Waals surface area contributed by atoms with E-state index >= 15 is 0 Å². The fourth-order valence-electron chi connectivity index (χ4n) is 2.22. The third-order valence-electron chi connectivity index (χ3n) is 3.34. The molecule has 1 atom stereocenters. The Balaban J connectivity index is 1.99. The molecule has 0 bridgehead atoms. The Morgan fingerprint density at radius 2 is 1.79 bits per heavy atom. The zero-order valence-electron chi connectivity index (χ0n) is 13.0. The molecule has 2 aromatic rings. The number of carbonyl (C=O) groups is 1. The van der Waals surface area contributed by atoms with Crippen LogP contribution in [0.5, 0.6) is 0 Å². The van der Waals surface area contributed by atoms with E-state index in [9.17, 15) is 17.6 Å². The first kappa shape index (κ1) is 17.9. The van der Waals surface area contributed by atoms with Gasteiger partial charge in [-0.25, -0.2) is 9.53 Å². The van der Waals surface area contributed by atoms with Crippen LogP contribution in [0.25, 0.3) is 0 Å². The maximum atomic E-state index is 12.9. The Kier molecular flexibility index (Phi) is 5.53. The molecule has 1 unspecified atom stereocenters. The van der Waals surface area contributed by atoms with Crippen molar-refractivity contribution in [1.82, 2.24) is 0 Å². The van der Waals surface area contributed by atoms with Gasteiger partial charge in [0.2, 0.25) is 5.91 Å². The molecule has 4 N–H and O–H groups in total. The second-order valence-corrected chi connectivity index (χ2v) is 6.73. The molecular weight excluding hydrogens is 333 g/mol. The molecule has 0 saturated carbocycles. The van der Waals surface area contributed by atoms with Crippen molar-refractivity contribution < 1.29 is 17.6 Å². The van der Waals surface area contributed by atoms with Gasteiger partial charge in [0.05, 0.1) is 5.69 Å². The summed E-state index contributed by atoms with van der Waals surface area (Å²) in [4.78, 5) is 12.1. The van der Waals surface area contributed by atoms with Crippen LogP contribution < -0.4 is 15.2 Å². The van der Waals surface area contributed by atoms with E-state index in [-0.39, 0.29) is 29.8 Å². The maximum Gasteiger partial charge on any atom is 0.296 e. The molecular formula is C16H18FN3O3S. The number of hydrogen-bond donors (Lipinski definition) is 3. The second-order valence-electron chi connectivity index (χ2n) is 5.43. The highest BCUT2D eigenvalue weighted by molar-refractivity contribution is 7.90. The number of anilines is 2. The largest absolute Gasteiger partial charge is 0.326 e. The number of hydrogen-bond acceptors (Lipinski definition) is 3. The zero-order valence-corrected chi connectivity index (χ0v) is 13.8. The number of benzene rings is 2. The Labute approximate surface area is 140 Å². The van der Waals surface area contributed by atoms with E-state index in [2.05, 4.69) is 10.0 Å². The number of rotatable bonds is 6. The van der Waals surface area contributed by atoms with E-state index in [1.54, 1.807) is 24.3 Å². The topological polar surface area (TPSA) is 101 Å². The Morgan fingerprint density at radius 3 is 2.42 bits per heavy atom. The van der Waals surface area contributed by atoms with Crippen LogP contribution in [-0.2, 0) is 15.0 Å². The first-order valence-electron chi connectivity index (χ1n) is 7.19. The SMILES string of the molecule is CC(CC(=O)Nc1cccc(NS(N)(=O)=O)c1)c1ccc(F)cc1. The van der Waals surface area contributed by atoms with Crippen LogP contribution in [0.15, 0.2) is 48.5 Å². The highest BCUT2D eigenvalue weighted by Gasteiger charge is 2.12. The van der Waals surface area contributed by atoms with Crippen molar-refractivity contribution in [2.24, 2.45) is 5.14 Å². The van der Waals surface area contributed by atoms with Crippen LogP contribution in [0.4, 0.5) is 15.8 Å². The van der Waals surface area contributed by atoms with Crippen LogP contribution >= 0.6 is 0 Å². The summed E-state index contributed by atoms with van der Waals surface area (Å²) in [5.74, 6) is -0.648. The second kappa shape index (κ2) is 7.41. The normalized spacial score (nSPS) is 12.5. The molecule has 0 radical (unpaired) electrons. The number of amides is 1. The summed E-state index contributed by atoms with van der Waals surface area (Å²) in [5, 5.41) is 7.60. The van der Waals surface area contributed by atoms with Gasteiger partial charge in [-0.15, -0.1) is 0 Å². The van der Waals surface area contributed by atoms with Crippen molar-refractivity contribution in [1.29, 1.82) is 0 Å². The number of nitrogens with two attached hydrogens (primary N) is 1. The van der Waals surface area contributed by atoms with Crippen LogP contribution in [0.3, 0.4) is 0 Å². The highest BCUT2D eigenvalue weighted by atomic mass is 32.2. The van der Waals surface area contributed by atoms with Gasteiger partial charge in [-0.2, -0.15) is 8.42 Å². The summed E-state index contributed by atoms with van der Waals surface area (Å²) in [6.07, 6.45) is 0.207. The molecule has 1 amide bonds. The van der Waals surface area contributed by atoms with Gasteiger partial charge in [0.25, 0.3) is 10.2 Å². The van der Waals surface area contributed by atoms with Gasteiger partial charge < -0.3 is 5.32 Å². The first-order chi connectivity index (χ1) is 11.2. The average Bonchev–Trinajstić information content (AvgIpc) is 2.46.